The Balaban J connectivity index is 1.43. The van der Waals surface area contributed by atoms with Crippen molar-refractivity contribution in [1.29, 1.82) is 0 Å². The van der Waals surface area contributed by atoms with Crippen LogP contribution in [0.1, 0.15) is 29.5 Å². The third kappa shape index (κ3) is 3.47. The van der Waals surface area contributed by atoms with Crippen molar-refractivity contribution in [3.8, 4) is 0 Å². The second-order valence-corrected chi connectivity index (χ2v) is 7.62. The lowest BCUT2D eigenvalue weighted by molar-refractivity contribution is 0.249. The van der Waals surface area contributed by atoms with Crippen molar-refractivity contribution in [2.75, 3.05) is 11.9 Å². The molecule has 4 rings (SSSR count). The van der Waals surface area contributed by atoms with E-state index in [0.717, 1.165) is 23.1 Å². The zero-order valence-corrected chi connectivity index (χ0v) is 14.4. The Bertz CT molecular complexity index is 737. The lowest BCUT2D eigenvalue weighted by Crippen LogP contribution is -2.22. The van der Waals surface area contributed by atoms with E-state index in [1.54, 1.807) is 11.3 Å². The van der Waals surface area contributed by atoms with E-state index in [1.807, 2.05) is 29.5 Å². The molecular formula is C18H19N3S2. The van der Waals surface area contributed by atoms with E-state index in [1.165, 1.54) is 24.3 Å². The van der Waals surface area contributed by atoms with Crippen LogP contribution in [0, 0.1) is 0 Å². The van der Waals surface area contributed by atoms with Gasteiger partial charge in [0.2, 0.25) is 0 Å². The highest BCUT2D eigenvalue weighted by molar-refractivity contribution is 7.13. The second kappa shape index (κ2) is 6.83. The molecule has 118 valence electrons. The Morgan fingerprint density at radius 3 is 2.87 bits per heavy atom. The smallest absolute Gasteiger partial charge is 0.187 e. The number of thiazole rings is 1. The van der Waals surface area contributed by atoms with Gasteiger partial charge in [-0.25, -0.2) is 4.98 Å². The molecule has 0 radical (unpaired) electrons. The minimum absolute atomic E-state index is 0.572. The minimum atomic E-state index is 0.572. The molecular weight excluding hydrogens is 322 g/mol. The van der Waals surface area contributed by atoms with Gasteiger partial charge in [-0.15, -0.1) is 22.7 Å². The first-order valence-electron chi connectivity index (χ1n) is 7.92. The maximum absolute atomic E-state index is 4.75. The summed E-state index contributed by atoms with van der Waals surface area (Å²) in [7, 11) is 0. The number of para-hydroxylation sites is 1. The number of hydrogen-bond donors (Lipinski definition) is 1. The topological polar surface area (TPSA) is 28.2 Å². The third-order valence-corrected chi connectivity index (χ3v) is 5.96. The number of anilines is 2. The average molecular weight is 342 g/mol. The maximum atomic E-state index is 4.75. The number of hydrogen-bond acceptors (Lipinski definition) is 5. The van der Waals surface area contributed by atoms with Gasteiger partial charge in [-0.2, -0.15) is 0 Å². The Kier molecular flexibility index (Phi) is 4.41. The van der Waals surface area contributed by atoms with Crippen molar-refractivity contribution < 1.29 is 0 Å². The Labute approximate surface area is 144 Å². The van der Waals surface area contributed by atoms with Gasteiger partial charge in [0.15, 0.2) is 5.13 Å². The first-order valence-corrected chi connectivity index (χ1v) is 9.68. The highest BCUT2D eigenvalue weighted by atomic mass is 32.1. The van der Waals surface area contributed by atoms with Gasteiger partial charge in [0.25, 0.3) is 0 Å². The zero-order valence-electron chi connectivity index (χ0n) is 12.8. The molecule has 0 aliphatic carbocycles. The highest BCUT2D eigenvalue weighted by Crippen LogP contribution is 2.35. The number of nitrogens with zero attached hydrogens (tertiary/aromatic N) is 2. The number of benzene rings is 1. The fraction of sp³-hybridized carbons (Fsp3) is 0.278. The molecule has 1 fully saturated rings. The largest absolute Gasteiger partial charge is 0.332 e. The van der Waals surface area contributed by atoms with E-state index >= 15 is 0 Å². The van der Waals surface area contributed by atoms with Gasteiger partial charge in [-0.1, -0.05) is 24.3 Å². The molecule has 1 N–H and O–H groups in total. The van der Waals surface area contributed by atoms with E-state index in [4.69, 9.17) is 4.98 Å². The van der Waals surface area contributed by atoms with Crippen LogP contribution < -0.4 is 5.32 Å². The van der Waals surface area contributed by atoms with Gasteiger partial charge in [0.1, 0.15) is 0 Å². The normalized spacial score (nSPS) is 18.3. The van der Waals surface area contributed by atoms with Gasteiger partial charge in [-0.05, 0) is 43.0 Å². The molecule has 3 heterocycles. The van der Waals surface area contributed by atoms with Crippen LogP contribution >= 0.6 is 22.7 Å². The first kappa shape index (κ1) is 14.9. The molecule has 0 bridgehead atoms. The number of likely N-dealkylation sites (tertiary alicyclic amines) is 1. The predicted molar refractivity (Wildman–Crippen MR) is 98.5 cm³/mol. The summed E-state index contributed by atoms with van der Waals surface area (Å²) < 4.78 is 0. The molecule has 1 aromatic carbocycles. The third-order valence-electron chi connectivity index (χ3n) is 4.18. The van der Waals surface area contributed by atoms with E-state index in [2.05, 4.69) is 45.2 Å². The maximum Gasteiger partial charge on any atom is 0.187 e. The quantitative estimate of drug-likeness (QED) is 0.684. The highest BCUT2D eigenvalue weighted by Gasteiger charge is 2.27. The van der Waals surface area contributed by atoms with Gasteiger partial charge in [0.05, 0.1) is 5.69 Å². The van der Waals surface area contributed by atoms with Crippen LogP contribution in [0.3, 0.4) is 0 Å². The van der Waals surface area contributed by atoms with Crippen LogP contribution in [0.15, 0.2) is 53.2 Å². The van der Waals surface area contributed by atoms with Crippen molar-refractivity contribution in [1.82, 2.24) is 9.88 Å². The van der Waals surface area contributed by atoms with E-state index < -0.39 is 0 Å². The standard InChI is InChI=1S/C18H19N3S2/c1-2-6-14(7-3-1)19-18-20-15(13-23-18)12-21-10-4-8-16(21)17-9-5-11-22-17/h1-3,5-7,9,11,13,16H,4,8,10,12H2,(H,19,20)/t16-/m0/s1. The lowest BCUT2D eigenvalue weighted by atomic mass is 10.2. The molecule has 1 aliphatic rings. The van der Waals surface area contributed by atoms with E-state index in [0.29, 0.717) is 6.04 Å². The van der Waals surface area contributed by atoms with Crippen molar-refractivity contribution in [2.45, 2.75) is 25.4 Å². The van der Waals surface area contributed by atoms with Crippen molar-refractivity contribution in [2.24, 2.45) is 0 Å². The first-order chi connectivity index (χ1) is 11.4. The van der Waals surface area contributed by atoms with Crippen molar-refractivity contribution in [3.63, 3.8) is 0 Å². The fourth-order valence-corrected chi connectivity index (χ4v) is 4.73. The SMILES string of the molecule is c1ccc(Nc2nc(CN3CCC[C@H]3c3cccs3)cs2)cc1. The van der Waals surface area contributed by atoms with Crippen LogP contribution in [0.25, 0.3) is 0 Å². The summed E-state index contributed by atoms with van der Waals surface area (Å²) in [5.41, 5.74) is 2.25. The minimum Gasteiger partial charge on any atom is -0.332 e. The average Bonchev–Trinajstić information content (AvgIpc) is 3.30. The van der Waals surface area contributed by atoms with Gasteiger partial charge in [-0.3, -0.25) is 4.90 Å². The molecule has 2 aromatic heterocycles. The van der Waals surface area contributed by atoms with Crippen LogP contribution in [0.2, 0.25) is 0 Å². The monoisotopic (exact) mass is 341 g/mol. The molecule has 1 atom stereocenters. The van der Waals surface area contributed by atoms with Crippen LogP contribution in [0.4, 0.5) is 10.8 Å². The Morgan fingerprint density at radius 2 is 2.04 bits per heavy atom. The summed E-state index contributed by atoms with van der Waals surface area (Å²) in [6, 6.07) is 15.2. The predicted octanol–water partition coefficient (Wildman–Crippen LogP) is 5.29. The summed E-state index contributed by atoms with van der Waals surface area (Å²) in [6.07, 6.45) is 2.54. The summed E-state index contributed by atoms with van der Waals surface area (Å²) in [5, 5.41) is 8.70. The molecule has 0 spiro atoms. The molecule has 0 unspecified atom stereocenters. The van der Waals surface area contributed by atoms with Gasteiger partial charge >= 0.3 is 0 Å². The molecule has 3 aromatic rings. The summed E-state index contributed by atoms with van der Waals surface area (Å²) in [6.45, 7) is 2.11. The van der Waals surface area contributed by atoms with Crippen LogP contribution in [0.5, 0.6) is 0 Å². The fourth-order valence-electron chi connectivity index (χ4n) is 3.11. The molecule has 1 aliphatic heterocycles. The zero-order chi connectivity index (χ0) is 15.5. The van der Waals surface area contributed by atoms with Gasteiger partial charge < -0.3 is 5.32 Å². The second-order valence-electron chi connectivity index (χ2n) is 5.78. The van der Waals surface area contributed by atoms with Crippen molar-refractivity contribution >= 4 is 33.5 Å². The summed E-state index contributed by atoms with van der Waals surface area (Å²) in [4.78, 5) is 8.80. The molecule has 23 heavy (non-hydrogen) atoms. The number of aromatic nitrogens is 1. The number of thiophene rings is 1. The molecule has 5 heteroatoms. The lowest BCUT2D eigenvalue weighted by Gasteiger charge is -2.22. The molecule has 0 saturated carbocycles. The van der Waals surface area contributed by atoms with Crippen LogP contribution in [-0.4, -0.2) is 16.4 Å². The van der Waals surface area contributed by atoms with E-state index in [9.17, 15) is 0 Å². The molecule has 1 saturated heterocycles. The Morgan fingerprint density at radius 1 is 1.13 bits per heavy atom. The van der Waals surface area contributed by atoms with Gasteiger partial charge in [0, 0.05) is 28.5 Å². The number of rotatable bonds is 5. The van der Waals surface area contributed by atoms with Crippen LogP contribution in [-0.2, 0) is 6.54 Å². The van der Waals surface area contributed by atoms with Crippen molar-refractivity contribution in [3.05, 3.63) is 63.8 Å². The Hall–Kier alpha value is -1.69. The number of nitrogens with one attached hydrogen (secondary N) is 1. The van der Waals surface area contributed by atoms with E-state index in [-0.39, 0.29) is 0 Å². The summed E-state index contributed by atoms with van der Waals surface area (Å²) in [5.74, 6) is 0. The molecule has 0 amide bonds. The summed E-state index contributed by atoms with van der Waals surface area (Å²) >= 11 is 3.55. The molecule has 3 nitrogen and oxygen atoms in total.